The number of aromatic amines is 1. The fourth-order valence-corrected chi connectivity index (χ4v) is 4.22. The Morgan fingerprint density at radius 2 is 2.11 bits per heavy atom. The first-order valence-electron chi connectivity index (χ1n) is 9.96. The fourth-order valence-electron chi connectivity index (χ4n) is 4.22. The van der Waals surface area contributed by atoms with Gasteiger partial charge in [0.05, 0.1) is 11.7 Å². The second-order valence-electron chi connectivity index (χ2n) is 7.43. The standard InChI is InChI=1S/C21H28N6O/c1-4-27-14(3)20(13(2)26-27)18-11-19(25-24-18)21(28)22-10-9-15-12-23-17-8-6-5-7-16(15)17/h5-8,12,18-19,23-25H,4,9-11H2,1-3H3,(H,22,28). The zero-order chi connectivity index (χ0) is 19.7. The minimum absolute atomic E-state index is 0.0352. The van der Waals surface area contributed by atoms with Crippen LogP contribution in [-0.2, 0) is 17.8 Å². The molecule has 0 bridgehead atoms. The van der Waals surface area contributed by atoms with Crippen LogP contribution in [0.25, 0.3) is 10.9 Å². The number of para-hydroxylation sites is 1. The zero-order valence-corrected chi connectivity index (χ0v) is 16.7. The van der Waals surface area contributed by atoms with Gasteiger partial charge in [-0.1, -0.05) is 18.2 Å². The molecule has 148 valence electrons. The van der Waals surface area contributed by atoms with Crippen molar-refractivity contribution in [2.45, 2.75) is 52.2 Å². The lowest BCUT2D eigenvalue weighted by molar-refractivity contribution is -0.122. The molecule has 0 aliphatic carbocycles. The van der Waals surface area contributed by atoms with Crippen molar-refractivity contribution in [2.24, 2.45) is 0 Å². The smallest absolute Gasteiger partial charge is 0.238 e. The lowest BCUT2D eigenvalue weighted by atomic mass is 10.00. The summed E-state index contributed by atoms with van der Waals surface area (Å²) in [5.74, 6) is 0.0352. The average molecular weight is 380 g/mol. The van der Waals surface area contributed by atoms with E-state index >= 15 is 0 Å². The van der Waals surface area contributed by atoms with E-state index in [1.165, 1.54) is 22.2 Å². The maximum Gasteiger partial charge on any atom is 0.238 e. The number of amides is 1. The predicted octanol–water partition coefficient (Wildman–Crippen LogP) is 2.27. The number of hydrogen-bond donors (Lipinski definition) is 4. The van der Waals surface area contributed by atoms with E-state index in [0.29, 0.717) is 6.54 Å². The zero-order valence-electron chi connectivity index (χ0n) is 16.7. The summed E-state index contributed by atoms with van der Waals surface area (Å²) >= 11 is 0. The lowest BCUT2D eigenvalue weighted by Crippen LogP contribution is -2.43. The van der Waals surface area contributed by atoms with E-state index < -0.39 is 0 Å². The van der Waals surface area contributed by atoms with Crippen molar-refractivity contribution in [3.8, 4) is 0 Å². The highest BCUT2D eigenvalue weighted by Gasteiger charge is 2.32. The number of hydrazine groups is 1. The van der Waals surface area contributed by atoms with Crippen molar-refractivity contribution in [1.29, 1.82) is 0 Å². The monoisotopic (exact) mass is 380 g/mol. The van der Waals surface area contributed by atoms with Crippen LogP contribution in [0.4, 0.5) is 0 Å². The Kier molecular flexibility index (Phi) is 5.19. The number of carbonyl (C=O) groups is 1. The van der Waals surface area contributed by atoms with Gasteiger partial charge in [-0.15, -0.1) is 0 Å². The van der Waals surface area contributed by atoms with Gasteiger partial charge < -0.3 is 10.3 Å². The van der Waals surface area contributed by atoms with Gasteiger partial charge in [0.2, 0.25) is 5.91 Å². The molecule has 2 atom stereocenters. The van der Waals surface area contributed by atoms with Crippen LogP contribution in [0.2, 0.25) is 0 Å². The third-order valence-electron chi connectivity index (χ3n) is 5.67. The van der Waals surface area contributed by atoms with E-state index in [2.05, 4.69) is 52.2 Å². The van der Waals surface area contributed by atoms with Gasteiger partial charge in [0.1, 0.15) is 6.04 Å². The first-order valence-corrected chi connectivity index (χ1v) is 9.96. The Bertz CT molecular complexity index is 988. The minimum atomic E-state index is -0.239. The predicted molar refractivity (Wildman–Crippen MR) is 110 cm³/mol. The molecule has 28 heavy (non-hydrogen) atoms. The largest absolute Gasteiger partial charge is 0.361 e. The van der Waals surface area contributed by atoms with Gasteiger partial charge >= 0.3 is 0 Å². The molecule has 3 aromatic rings. The molecule has 1 aromatic carbocycles. The Labute approximate surface area is 164 Å². The third-order valence-corrected chi connectivity index (χ3v) is 5.67. The average Bonchev–Trinajstić information content (AvgIpc) is 3.39. The Balaban J connectivity index is 1.33. The van der Waals surface area contributed by atoms with E-state index in [1.54, 1.807) is 0 Å². The van der Waals surface area contributed by atoms with Crippen molar-refractivity contribution >= 4 is 16.8 Å². The van der Waals surface area contributed by atoms with Gasteiger partial charge in [-0.2, -0.15) is 5.10 Å². The Morgan fingerprint density at radius 1 is 1.29 bits per heavy atom. The molecular formula is C21H28N6O. The molecule has 0 spiro atoms. The number of rotatable bonds is 6. The molecule has 4 rings (SSSR count). The molecule has 7 heteroatoms. The number of carbonyl (C=O) groups excluding carboxylic acids is 1. The summed E-state index contributed by atoms with van der Waals surface area (Å²) in [6.45, 7) is 7.69. The van der Waals surface area contributed by atoms with Crippen molar-refractivity contribution in [3.05, 3.63) is 53.0 Å². The van der Waals surface area contributed by atoms with E-state index in [1.807, 2.05) is 29.9 Å². The van der Waals surface area contributed by atoms with Gasteiger partial charge in [0, 0.05) is 41.4 Å². The number of hydrogen-bond acceptors (Lipinski definition) is 4. The summed E-state index contributed by atoms with van der Waals surface area (Å²) in [6, 6.07) is 8.10. The maximum atomic E-state index is 12.6. The molecule has 1 fully saturated rings. The molecule has 1 saturated heterocycles. The number of aromatic nitrogens is 3. The van der Waals surface area contributed by atoms with E-state index in [9.17, 15) is 4.79 Å². The van der Waals surface area contributed by atoms with Crippen LogP contribution in [0.15, 0.2) is 30.5 Å². The van der Waals surface area contributed by atoms with Crippen LogP contribution < -0.4 is 16.2 Å². The van der Waals surface area contributed by atoms with Gasteiger partial charge in [0.25, 0.3) is 0 Å². The van der Waals surface area contributed by atoms with Crippen LogP contribution in [0.1, 0.15) is 41.9 Å². The van der Waals surface area contributed by atoms with Crippen molar-refractivity contribution in [2.75, 3.05) is 6.54 Å². The van der Waals surface area contributed by atoms with E-state index in [4.69, 9.17) is 0 Å². The van der Waals surface area contributed by atoms with Crippen molar-refractivity contribution < 1.29 is 4.79 Å². The highest BCUT2D eigenvalue weighted by atomic mass is 16.2. The quantitative estimate of drug-likeness (QED) is 0.528. The lowest BCUT2D eigenvalue weighted by Gasteiger charge is -2.11. The molecule has 7 nitrogen and oxygen atoms in total. The highest BCUT2D eigenvalue weighted by molar-refractivity contribution is 5.84. The van der Waals surface area contributed by atoms with Gasteiger partial charge in [-0.3, -0.25) is 9.48 Å². The molecule has 1 amide bonds. The topological polar surface area (TPSA) is 86.8 Å². The van der Waals surface area contributed by atoms with Crippen LogP contribution in [-0.4, -0.2) is 33.3 Å². The molecule has 1 aliphatic rings. The van der Waals surface area contributed by atoms with Crippen LogP contribution >= 0.6 is 0 Å². The number of H-pyrrole nitrogens is 1. The van der Waals surface area contributed by atoms with Gasteiger partial charge in [-0.25, -0.2) is 10.9 Å². The summed E-state index contributed by atoms with van der Waals surface area (Å²) in [5, 5.41) is 8.88. The SMILES string of the molecule is CCn1nc(C)c(C2CC(C(=O)NCCc3c[nH]c4ccccc34)NN2)c1C. The van der Waals surface area contributed by atoms with Gasteiger partial charge in [0.15, 0.2) is 0 Å². The summed E-state index contributed by atoms with van der Waals surface area (Å²) in [4.78, 5) is 15.9. The van der Waals surface area contributed by atoms with Crippen LogP contribution in [0, 0.1) is 13.8 Å². The molecule has 4 N–H and O–H groups in total. The summed E-state index contributed by atoms with van der Waals surface area (Å²) in [5.41, 5.74) is 12.2. The summed E-state index contributed by atoms with van der Waals surface area (Å²) < 4.78 is 2.01. The molecule has 2 unspecified atom stereocenters. The number of nitrogens with one attached hydrogen (secondary N) is 4. The summed E-state index contributed by atoms with van der Waals surface area (Å²) in [7, 11) is 0. The minimum Gasteiger partial charge on any atom is -0.361 e. The van der Waals surface area contributed by atoms with Crippen LogP contribution in [0.5, 0.6) is 0 Å². The number of fused-ring (bicyclic) bond motifs is 1. The first-order chi connectivity index (χ1) is 13.6. The Morgan fingerprint density at radius 3 is 2.89 bits per heavy atom. The van der Waals surface area contributed by atoms with Gasteiger partial charge in [-0.05, 0) is 45.2 Å². The molecule has 2 aromatic heterocycles. The van der Waals surface area contributed by atoms with E-state index in [0.717, 1.165) is 30.6 Å². The molecule has 3 heterocycles. The first kappa shape index (κ1) is 18.7. The number of benzene rings is 1. The molecule has 1 aliphatic heterocycles. The fraction of sp³-hybridized carbons (Fsp3) is 0.429. The number of aryl methyl sites for hydroxylation is 2. The van der Waals surface area contributed by atoms with Crippen molar-refractivity contribution in [3.63, 3.8) is 0 Å². The number of nitrogens with zero attached hydrogens (tertiary/aromatic N) is 2. The second kappa shape index (κ2) is 7.77. The summed E-state index contributed by atoms with van der Waals surface area (Å²) in [6.07, 6.45) is 3.55. The molecular weight excluding hydrogens is 352 g/mol. The van der Waals surface area contributed by atoms with Crippen LogP contribution in [0.3, 0.4) is 0 Å². The second-order valence-corrected chi connectivity index (χ2v) is 7.43. The normalized spacial score (nSPS) is 19.4. The molecule has 0 radical (unpaired) electrons. The molecule has 0 saturated carbocycles. The highest BCUT2D eigenvalue weighted by Crippen LogP contribution is 2.28. The Hall–Kier alpha value is -2.64. The third kappa shape index (κ3) is 3.43. The van der Waals surface area contributed by atoms with Crippen molar-refractivity contribution in [1.82, 2.24) is 30.9 Å². The van der Waals surface area contributed by atoms with E-state index in [-0.39, 0.29) is 18.0 Å². The maximum absolute atomic E-state index is 12.6.